The number of carboxylic acids is 1. The van der Waals surface area contributed by atoms with Gasteiger partial charge in [-0.05, 0) is 23.8 Å². The topological polar surface area (TPSA) is 134 Å². The van der Waals surface area contributed by atoms with E-state index in [1.54, 1.807) is 12.1 Å². The van der Waals surface area contributed by atoms with Crippen LogP contribution in [-0.2, 0) is 19.1 Å². The molecular weight excluding hydrogens is 332 g/mol. The van der Waals surface area contributed by atoms with Crippen molar-refractivity contribution in [3.63, 3.8) is 0 Å². The second-order valence-corrected chi connectivity index (χ2v) is 5.87. The van der Waals surface area contributed by atoms with Crippen molar-refractivity contribution >= 4 is 18.0 Å². The molecule has 8 nitrogen and oxygen atoms in total. The van der Waals surface area contributed by atoms with Crippen LogP contribution in [0.15, 0.2) is 30.3 Å². The fourth-order valence-electron chi connectivity index (χ4n) is 2.71. The molecule has 0 heterocycles. The van der Waals surface area contributed by atoms with Gasteiger partial charge in [-0.25, -0.2) is 9.59 Å². The number of rotatable bonds is 5. The summed E-state index contributed by atoms with van der Waals surface area (Å²) >= 11 is 0. The van der Waals surface area contributed by atoms with E-state index in [-0.39, 0.29) is 18.6 Å². The van der Waals surface area contributed by atoms with Gasteiger partial charge in [0.2, 0.25) is 0 Å². The third-order valence-electron chi connectivity index (χ3n) is 4.20. The Morgan fingerprint density at radius 3 is 2.40 bits per heavy atom. The quantitative estimate of drug-likeness (QED) is 0.439. The zero-order valence-electron chi connectivity index (χ0n) is 13.5. The Morgan fingerprint density at radius 2 is 1.84 bits per heavy atom. The fourth-order valence-corrected chi connectivity index (χ4v) is 2.71. The normalized spacial score (nSPS) is 29.5. The minimum Gasteiger partial charge on any atom is -0.508 e. The van der Waals surface area contributed by atoms with E-state index < -0.39 is 35.9 Å². The Morgan fingerprint density at radius 1 is 1.20 bits per heavy atom. The van der Waals surface area contributed by atoms with Crippen LogP contribution in [0.4, 0.5) is 0 Å². The standard InChI is InChI=1S/C17H20O8/c1-24-17(16(22)23)8-12(19)15(21)13(9-17)25-14(20)7-4-10-2-5-11(18)6-3-10/h2-7,12-13,15,18-19,21H,8-9H2,1H3,(H,22,23)/b7-4+/t12-,13+,15+,17-/m0/s1. The summed E-state index contributed by atoms with van der Waals surface area (Å²) in [5.74, 6) is -2.02. The number of ether oxygens (including phenoxy) is 2. The predicted octanol–water partition coefficient (Wildman–Crippen LogP) is 0.303. The van der Waals surface area contributed by atoms with E-state index >= 15 is 0 Å². The zero-order valence-corrected chi connectivity index (χ0v) is 13.5. The lowest BCUT2D eigenvalue weighted by atomic mass is 9.79. The van der Waals surface area contributed by atoms with Gasteiger partial charge >= 0.3 is 11.9 Å². The monoisotopic (exact) mass is 352 g/mol. The van der Waals surface area contributed by atoms with Gasteiger partial charge in [0, 0.05) is 26.0 Å². The van der Waals surface area contributed by atoms with E-state index in [0.29, 0.717) is 5.56 Å². The Kier molecular flexibility index (Phi) is 5.78. The summed E-state index contributed by atoms with van der Waals surface area (Å²) in [4.78, 5) is 23.4. The van der Waals surface area contributed by atoms with Crippen LogP contribution in [0.25, 0.3) is 6.08 Å². The number of phenols is 1. The first-order valence-electron chi connectivity index (χ1n) is 7.60. The Hall–Kier alpha value is -2.42. The molecule has 0 saturated heterocycles. The number of aromatic hydroxyl groups is 1. The third kappa shape index (κ3) is 4.36. The zero-order chi connectivity index (χ0) is 18.6. The number of hydrogen-bond acceptors (Lipinski definition) is 7. The van der Waals surface area contributed by atoms with Crippen molar-refractivity contribution in [2.24, 2.45) is 0 Å². The number of aliphatic hydroxyl groups excluding tert-OH is 2. The minimum atomic E-state index is -1.73. The molecule has 4 atom stereocenters. The first kappa shape index (κ1) is 18.9. The van der Waals surface area contributed by atoms with Crippen LogP contribution in [0.5, 0.6) is 5.75 Å². The molecule has 0 spiro atoms. The molecule has 136 valence electrons. The number of phenolic OH excluding ortho intramolecular Hbond substituents is 1. The van der Waals surface area contributed by atoms with Crippen molar-refractivity contribution in [1.29, 1.82) is 0 Å². The molecule has 1 saturated carbocycles. The number of carbonyl (C=O) groups is 2. The molecule has 25 heavy (non-hydrogen) atoms. The Bertz CT molecular complexity index is 653. The van der Waals surface area contributed by atoms with Crippen molar-refractivity contribution in [2.45, 2.75) is 36.8 Å². The van der Waals surface area contributed by atoms with Crippen molar-refractivity contribution in [3.8, 4) is 5.75 Å². The highest BCUT2D eigenvalue weighted by atomic mass is 16.6. The minimum absolute atomic E-state index is 0.0867. The van der Waals surface area contributed by atoms with Crippen LogP contribution in [0.2, 0.25) is 0 Å². The molecule has 4 N–H and O–H groups in total. The molecule has 0 unspecified atom stereocenters. The molecule has 1 fully saturated rings. The molecule has 0 radical (unpaired) electrons. The van der Waals surface area contributed by atoms with E-state index in [1.165, 1.54) is 25.3 Å². The molecule has 2 rings (SSSR count). The van der Waals surface area contributed by atoms with Crippen molar-refractivity contribution in [1.82, 2.24) is 0 Å². The summed E-state index contributed by atoms with van der Waals surface area (Å²) in [7, 11) is 1.18. The lowest BCUT2D eigenvalue weighted by Crippen LogP contribution is -2.57. The van der Waals surface area contributed by atoms with Crippen LogP contribution >= 0.6 is 0 Å². The summed E-state index contributed by atoms with van der Waals surface area (Å²) in [5, 5.41) is 38.4. The van der Waals surface area contributed by atoms with E-state index in [2.05, 4.69) is 0 Å². The summed E-state index contributed by atoms with van der Waals surface area (Å²) in [6, 6.07) is 6.06. The number of hydrogen-bond donors (Lipinski definition) is 4. The number of benzene rings is 1. The highest BCUT2D eigenvalue weighted by Crippen LogP contribution is 2.34. The molecular formula is C17H20O8. The smallest absolute Gasteiger partial charge is 0.336 e. The average Bonchev–Trinajstić information content (AvgIpc) is 2.58. The Balaban J connectivity index is 2.07. The van der Waals surface area contributed by atoms with E-state index in [9.17, 15) is 30.0 Å². The number of aliphatic hydroxyl groups is 2. The van der Waals surface area contributed by atoms with Crippen LogP contribution in [0.1, 0.15) is 18.4 Å². The maximum Gasteiger partial charge on any atom is 0.336 e. The van der Waals surface area contributed by atoms with Gasteiger partial charge < -0.3 is 29.9 Å². The predicted molar refractivity (Wildman–Crippen MR) is 85.6 cm³/mol. The number of methoxy groups -OCH3 is 1. The highest BCUT2D eigenvalue weighted by Gasteiger charge is 2.51. The molecule has 1 aliphatic rings. The van der Waals surface area contributed by atoms with Gasteiger partial charge in [0.05, 0.1) is 6.10 Å². The molecule has 1 aliphatic carbocycles. The first-order chi connectivity index (χ1) is 11.8. The molecule has 0 bridgehead atoms. The van der Waals surface area contributed by atoms with Crippen molar-refractivity contribution < 1.29 is 39.5 Å². The number of carbonyl (C=O) groups excluding carboxylic acids is 1. The van der Waals surface area contributed by atoms with Gasteiger partial charge in [-0.2, -0.15) is 0 Å². The number of carboxylic acid groups (broad SMARTS) is 1. The lowest BCUT2D eigenvalue weighted by Gasteiger charge is -2.41. The van der Waals surface area contributed by atoms with Gasteiger partial charge in [-0.15, -0.1) is 0 Å². The second-order valence-electron chi connectivity index (χ2n) is 5.87. The molecule has 0 aliphatic heterocycles. The van der Waals surface area contributed by atoms with Crippen LogP contribution in [0, 0.1) is 0 Å². The van der Waals surface area contributed by atoms with Crippen LogP contribution in [0.3, 0.4) is 0 Å². The maximum atomic E-state index is 11.9. The van der Waals surface area contributed by atoms with Gasteiger partial charge in [0.15, 0.2) is 5.60 Å². The molecule has 0 amide bonds. The Labute approximate surface area is 143 Å². The largest absolute Gasteiger partial charge is 0.508 e. The van der Waals surface area contributed by atoms with Gasteiger partial charge in [-0.1, -0.05) is 12.1 Å². The highest BCUT2D eigenvalue weighted by molar-refractivity contribution is 5.87. The van der Waals surface area contributed by atoms with Crippen LogP contribution < -0.4 is 0 Å². The summed E-state index contributed by atoms with van der Waals surface area (Å²) in [6.07, 6.45) is -2.08. The number of aliphatic carboxylic acids is 1. The van der Waals surface area contributed by atoms with E-state index in [4.69, 9.17) is 9.47 Å². The third-order valence-corrected chi connectivity index (χ3v) is 4.20. The fraction of sp³-hybridized carbons (Fsp3) is 0.412. The second kappa shape index (κ2) is 7.64. The summed E-state index contributed by atoms with van der Waals surface area (Å²) in [6.45, 7) is 0. The summed E-state index contributed by atoms with van der Waals surface area (Å²) < 4.78 is 10.1. The van der Waals surface area contributed by atoms with Crippen molar-refractivity contribution in [3.05, 3.63) is 35.9 Å². The van der Waals surface area contributed by atoms with E-state index in [0.717, 1.165) is 6.08 Å². The molecule has 1 aromatic carbocycles. The molecule has 8 heteroatoms. The maximum absolute atomic E-state index is 11.9. The summed E-state index contributed by atoms with van der Waals surface area (Å²) in [5.41, 5.74) is -1.10. The molecule has 0 aromatic heterocycles. The van der Waals surface area contributed by atoms with Gasteiger partial charge in [0.1, 0.15) is 18.0 Å². The molecule has 1 aromatic rings. The van der Waals surface area contributed by atoms with Gasteiger partial charge in [0.25, 0.3) is 0 Å². The first-order valence-corrected chi connectivity index (χ1v) is 7.60. The van der Waals surface area contributed by atoms with Crippen LogP contribution in [-0.4, -0.2) is 63.4 Å². The van der Waals surface area contributed by atoms with E-state index in [1.807, 2.05) is 0 Å². The van der Waals surface area contributed by atoms with Crippen molar-refractivity contribution in [2.75, 3.05) is 7.11 Å². The van der Waals surface area contributed by atoms with Gasteiger partial charge in [-0.3, -0.25) is 0 Å². The average molecular weight is 352 g/mol. The lowest BCUT2D eigenvalue weighted by molar-refractivity contribution is -0.201. The number of esters is 1. The SMILES string of the molecule is CO[C@@]1(C(=O)O)C[C@H](O)[C@@H](O)[C@H](OC(=O)/C=C/c2ccc(O)cc2)C1.